The molecule has 0 saturated carbocycles. The second-order valence-electron chi connectivity index (χ2n) is 8.04. The summed E-state index contributed by atoms with van der Waals surface area (Å²) >= 11 is 0. The third-order valence-corrected chi connectivity index (χ3v) is 5.52. The number of nitrogens with one attached hydrogen (secondary N) is 1. The quantitative estimate of drug-likeness (QED) is 0.439. The van der Waals surface area contributed by atoms with Crippen molar-refractivity contribution in [1.29, 1.82) is 0 Å². The minimum absolute atomic E-state index is 0.0672. The number of unbranched alkanes of at least 4 members (excludes halogenated alkanes) is 3. The fourth-order valence-corrected chi connectivity index (χ4v) is 3.59. The predicted molar refractivity (Wildman–Crippen MR) is 125 cm³/mol. The van der Waals surface area contributed by atoms with Gasteiger partial charge in [-0.3, -0.25) is 14.4 Å². The molecule has 2 N–H and O–H groups in total. The van der Waals surface area contributed by atoms with Crippen LogP contribution >= 0.6 is 0 Å². The molecule has 1 atom stereocenters. The van der Waals surface area contributed by atoms with E-state index in [-0.39, 0.29) is 18.2 Å². The van der Waals surface area contributed by atoms with Gasteiger partial charge in [0.1, 0.15) is 6.04 Å². The van der Waals surface area contributed by atoms with Gasteiger partial charge >= 0.3 is 5.97 Å². The van der Waals surface area contributed by atoms with Crippen LogP contribution in [0.15, 0.2) is 60.7 Å². The number of rotatable bonds is 14. The van der Waals surface area contributed by atoms with Crippen LogP contribution in [0.2, 0.25) is 0 Å². The molecule has 2 amide bonds. The van der Waals surface area contributed by atoms with E-state index in [1.54, 1.807) is 11.9 Å². The first-order valence-corrected chi connectivity index (χ1v) is 11.3. The zero-order valence-electron chi connectivity index (χ0n) is 18.8. The van der Waals surface area contributed by atoms with Crippen molar-refractivity contribution in [2.45, 2.75) is 57.4 Å². The molecule has 2 rings (SSSR count). The summed E-state index contributed by atoms with van der Waals surface area (Å²) in [6.45, 7) is 0.514. The lowest BCUT2D eigenvalue weighted by Crippen LogP contribution is -2.49. The van der Waals surface area contributed by atoms with Crippen molar-refractivity contribution in [3.63, 3.8) is 0 Å². The number of hydrogen-bond acceptors (Lipinski definition) is 3. The molecule has 0 aromatic heterocycles. The zero-order chi connectivity index (χ0) is 23.2. The fraction of sp³-hybridized carbons (Fsp3) is 0.423. The first-order chi connectivity index (χ1) is 15.5. The lowest BCUT2D eigenvalue weighted by molar-refractivity contribution is -0.139. The third kappa shape index (κ3) is 9.33. The molecule has 0 aliphatic carbocycles. The Bertz CT molecular complexity index is 839. The molecule has 0 bridgehead atoms. The summed E-state index contributed by atoms with van der Waals surface area (Å²) in [5, 5.41) is 11.7. The molecule has 0 radical (unpaired) electrons. The number of carbonyl (C=O) groups is 3. The van der Waals surface area contributed by atoms with Gasteiger partial charge in [-0.05, 0) is 30.4 Å². The molecule has 0 heterocycles. The Morgan fingerprint density at radius 3 is 2.00 bits per heavy atom. The number of aliphatic carboxylic acids is 1. The van der Waals surface area contributed by atoms with Gasteiger partial charge in [0, 0.05) is 32.9 Å². The van der Waals surface area contributed by atoms with Crippen LogP contribution in [0.1, 0.15) is 49.7 Å². The SMILES string of the molecule is CN(C(=O)CCCCCCC(=O)O)C(Cc1ccccc1)C(=O)NCCc1ccccc1. The maximum atomic E-state index is 13.0. The smallest absolute Gasteiger partial charge is 0.303 e. The van der Waals surface area contributed by atoms with Gasteiger partial charge in [0.15, 0.2) is 0 Å². The monoisotopic (exact) mass is 438 g/mol. The summed E-state index contributed by atoms with van der Waals surface area (Å²) in [5.74, 6) is -1.01. The van der Waals surface area contributed by atoms with Crippen LogP contribution in [-0.2, 0) is 27.2 Å². The molecule has 0 fully saturated rings. The van der Waals surface area contributed by atoms with Crippen LogP contribution in [0.5, 0.6) is 0 Å². The van der Waals surface area contributed by atoms with Crippen LogP contribution in [0.25, 0.3) is 0 Å². The summed E-state index contributed by atoms with van der Waals surface area (Å²) < 4.78 is 0. The number of hydrogen-bond donors (Lipinski definition) is 2. The van der Waals surface area contributed by atoms with Gasteiger partial charge in [0.25, 0.3) is 0 Å². The third-order valence-electron chi connectivity index (χ3n) is 5.52. The molecule has 1 unspecified atom stereocenters. The second kappa shape index (κ2) is 14.0. The van der Waals surface area contributed by atoms with Crippen molar-refractivity contribution >= 4 is 17.8 Å². The molecular weight excluding hydrogens is 404 g/mol. The van der Waals surface area contributed by atoms with Gasteiger partial charge in [-0.25, -0.2) is 0 Å². The average Bonchev–Trinajstić information content (AvgIpc) is 2.80. The molecule has 0 aliphatic rings. The highest BCUT2D eigenvalue weighted by atomic mass is 16.4. The summed E-state index contributed by atoms with van der Waals surface area (Å²) in [5.41, 5.74) is 2.16. The van der Waals surface area contributed by atoms with Crippen molar-refractivity contribution in [1.82, 2.24) is 10.2 Å². The van der Waals surface area contributed by atoms with E-state index < -0.39 is 12.0 Å². The van der Waals surface area contributed by atoms with E-state index in [9.17, 15) is 14.4 Å². The number of likely N-dealkylation sites (N-methyl/N-ethyl adjacent to an activating group) is 1. The molecular formula is C26H34N2O4. The van der Waals surface area contributed by atoms with Gasteiger partial charge < -0.3 is 15.3 Å². The standard InChI is InChI=1S/C26H34N2O4/c1-28(24(29)16-10-2-3-11-17-25(30)31)23(20-22-14-8-5-9-15-22)26(32)27-19-18-21-12-6-4-7-13-21/h4-9,12-15,23H,2-3,10-11,16-20H2,1H3,(H,27,32)(H,30,31). The fourth-order valence-electron chi connectivity index (χ4n) is 3.59. The Hall–Kier alpha value is -3.15. The molecule has 0 saturated heterocycles. The number of benzene rings is 2. The highest BCUT2D eigenvalue weighted by Crippen LogP contribution is 2.12. The molecule has 2 aromatic carbocycles. The molecule has 0 aliphatic heterocycles. The van der Waals surface area contributed by atoms with Crippen LogP contribution in [-0.4, -0.2) is 47.4 Å². The van der Waals surface area contributed by atoms with E-state index in [4.69, 9.17) is 5.11 Å². The number of carboxylic acid groups (broad SMARTS) is 1. The van der Waals surface area contributed by atoms with Gasteiger partial charge in [-0.15, -0.1) is 0 Å². The highest BCUT2D eigenvalue weighted by Gasteiger charge is 2.26. The largest absolute Gasteiger partial charge is 0.481 e. The van der Waals surface area contributed by atoms with Gasteiger partial charge in [-0.1, -0.05) is 73.5 Å². The number of amides is 2. The van der Waals surface area contributed by atoms with Crippen molar-refractivity contribution in [3.8, 4) is 0 Å². The average molecular weight is 439 g/mol. The van der Waals surface area contributed by atoms with Crippen molar-refractivity contribution in [2.75, 3.05) is 13.6 Å². The zero-order valence-corrected chi connectivity index (χ0v) is 18.8. The topological polar surface area (TPSA) is 86.7 Å². The van der Waals surface area contributed by atoms with E-state index in [2.05, 4.69) is 5.32 Å². The predicted octanol–water partition coefficient (Wildman–Crippen LogP) is 3.84. The van der Waals surface area contributed by atoms with Gasteiger partial charge in [-0.2, -0.15) is 0 Å². The normalized spacial score (nSPS) is 11.5. The molecule has 32 heavy (non-hydrogen) atoms. The first-order valence-electron chi connectivity index (χ1n) is 11.3. The maximum absolute atomic E-state index is 13.0. The van der Waals surface area contributed by atoms with Crippen molar-refractivity contribution < 1.29 is 19.5 Å². The van der Waals surface area contributed by atoms with E-state index >= 15 is 0 Å². The summed E-state index contributed by atoms with van der Waals surface area (Å²) in [4.78, 5) is 37.9. The Balaban J connectivity index is 1.90. The molecule has 2 aromatic rings. The number of carboxylic acids is 1. The van der Waals surface area contributed by atoms with Gasteiger partial charge in [0.2, 0.25) is 11.8 Å². The van der Waals surface area contributed by atoms with E-state index in [1.165, 1.54) is 0 Å². The number of nitrogens with zero attached hydrogens (tertiary/aromatic N) is 1. The molecule has 172 valence electrons. The van der Waals surface area contributed by atoms with Gasteiger partial charge in [0.05, 0.1) is 0 Å². The molecule has 6 nitrogen and oxygen atoms in total. The highest BCUT2D eigenvalue weighted by molar-refractivity contribution is 5.87. The Morgan fingerprint density at radius 2 is 1.41 bits per heavy atom. The Labute approximate surface area is 190 Å². The minimum Gasteiger partial charge on any atom is -0.481 e. The van der Waals surface area contributed by atoms with Crippen LogP contribution < -0.4 is 5.32 Å². The van der Waals surface area contributed by atoms with E-state index in [1.807, 2.05) is 60.7 Å². The molecule has 6 heteroatoms. The Kier molecular flexibility index (Phi) is 11.0. The minimum atomic E-state index is -0.789. The van der Waals surface area contributed by atoms with Crippen LogP contribution in [0, 0.1) is 0 Å². The van der Waals surface area contributed by atoms with Crippen LogP contribution in [0.4, 0.5) is 0 Å². The van der Waals surface area contributed by atoms with Crippen molar-refractivity contribution in [2.24, 2.45) is 0 Å². The Morgan fingerprint density at radius 1 is 0.844 bits per heavy atom. The maximum Gasteiger partial charge on any atom is 0.303 e. The summed E-state index contributed by atoms with van der Waals surface area (Å²) in [7, 11) is 1.69. The van der Waals surface area contributed by atoms with E-state index in [0.29, 0.717) is 32.2 Å². The van der Waals surface area contributed by atoms with Crippen LogP contribution in [0.3, 0.4) is 0 Å². The first kappa shape index (κ1) is 25.1. The molecule has 0 spiro atoms. The summed E-state index contributed by atoms with van der Waals surface area (Å²) in [6.07, 6.45) is 4.62. The van der Waals surface area contributed by atoms with Crippen molar-refractivity contribution in [3.05, 3.63) is 71.8 Å². The summed E-state index contributed by atoms with van der Waals surface area (Å²) in [6, 6.07) is 19.1. The lowest BCUT2D eigenvalue weighted by atomic mass is 10.0. The number of carbonyl (C=O) groups excluding carboxylic acids is 2. The van der Waals surface area contributed by atoms with E-state index in [0.717, 1.165) is 30.4 Å². The second-order valence-corrected chi connectivity index (χ2v) is 8.04. The lowest BCUT2D eigenvalue weighted by Gasteiger charge is -2.28.